The highest BCUT2D eigenvalue weighted by Gasteiger charge is 2.26. The third kappa shape index (κ3) is 5.33. The molecule has 10 nitrogen and oxygen atoms in total. The van der Waals surface area contributed by atoms with Gasteiger partial charge in [-0.1, -0.05) is 12.1 Å². The number of carboxylic acids is 2. The molecule has 2 amide bonds. The zero-order chi connectivity index (χ0) is 25.9. The Labute approximate surface area is 198 Å². The molecule has 1 aliphatic rings. The van der Waals surface area contributed by atoms with Crippen LogP contribution in [0.2, 0.25) is 0 Å². The zero-order valence-corrected chi connectivity index (χ0v) is 18.6. The van der Waals surface area contributed by atoms with Crippen molar-refractivity contribution in [2.24, 2.45) is 0 Å². The Kier molecular flexibility index (Phi) is 6.95. The largest absolute Gasteiger partial charge is 0.507 e. The Morgan fingerprint density at radius 3 is 1.94 bits per heavy atom. The Balaban J connectivity index is 0.000000196. The number of pyridine rings is 1. The molecule has 0 saturated heterocycles. The molecule has 1 aliphatic heterocycles. The second-order valence-corrected chi connectivity index (χ2v) is 7.56. The number of aromatic carboxylic acids is 2. The minimum Gasteiger partial charge on any atom is -0.507 e. The van der Waals surface area contributed by atoms with Crippen LogP contribution in [-0.4, -0.2) is 43.6 Å². The van der Waals surface area contributed by atoms with Crippen molar-refractivity contribution in [1.82, 2.24) is 4.57 Å². The molecule has 3 N–H and O–H groups in total. The summed E-state index contributed by atoms with van der Waals surface area (Å²) in [6, 6.07) is 12.5. The lowest BCUT2D eigenvalue weighted by molar-refractivity contribution is -0.120. The van der Waals surface area contributed by atoms with Gasteiger partial charge in [0.25, 0.3) is 11.8 Å². The maximum Gasteiger partial charge on any atom is 0.341 e. The van der Waals surface area contributed by atoms with Gasteiger partial charge in [0.05, 0.1) is 5.69 Å². The number of anilines is 1. The first-order chi connectivity index (χ1) is 16.5. The number of nitrogens with zero attached hydrogens (tertiary/aromatic N) is 2. The monoisotopic (exact) mass is 476 g/mol. The van der Waals surface area contributed by atoms with E-state index in [-0.39, 0.29) is 16.8 Å². The van der Waals surface area contributed by atoms with Crippen LogP contribution in [0.3, 0.4) is 0 Å². The van der Waals surface area contributed by atoms with E-state index in [0.717, 1.165) is 40.4 Å². The maximum atomic E-state index is 11.5. The van der Waals surface area contributed by atoms with Gasteiger partial charge in [-0.2, -0.15) is 0 Å². The molecule has 0 atom stereocenters. The van der Waals surface area contributed by atoms with Crippen LogP contribution in [0.25, 0.3) is 5.69 Å². The van der Waals surface area contributed by atoms with Gasteiger partial charge in [-0.3, -0.25) is 14.4 Å². The van der Waals surface area contributed by atoms with Crippen LogP contribution in [0.15, 0.2) is 71.7 Å². The molecular weight excluding hydrogens is 456 g/mol. The average molecular weight is 476 g/mol. The summed E-state index contributed by atoms with van der Waals surface area (Å²) in [6.07, 6.45) is 3.57. The van der Waals surface area contributed by atoms with E-state index in [4.69, 9.17) is 10.2 Å². The van der Waals surface area contributed by atoms with Gasteiger partial charge in [0, 0.05) is 41.9 Å². The SMILES string of the molecule is Cc1cccc(-n2cc(C(=O)O)c(=O)cc2C)c1.O=C(O)c1ccc(N2C(=O)C=CC2=O)cc1O. The molecule has 0 radical (unpaired) electrons. The number of benzene rings is 2. The molecule has 0 fully saturated rings. The average Bonchev–Trinajstić information content (AvgIpc) is 3.11. The number of imide groups is 1. The van der Waals surface area contributed by atoms with E-state index in [9.17, 15) is 29.1 Å². The zero-order valence-electron chi connectivity index (χ0n) is 18.6. The molecule has 0 aliphatic carbocycles. The van der Waals surface area contributed by atoms with Crippen molar-refractivity contribution in [2.75, 3.05) is 4.90 Å². The summed E-state index contributed by atoms with van der Waals surface area (Å²) >= 11 is 0. The number of aryl methyl sites for hydroxylation is 2. The number of aromatic nitrogens is 1. The van der Waals surface area contributed by atoms with E-state index >= 15 is 0 Å². The number of aromatic hydroxyl groups is 1. The van der Waals surface area contributed by atoms with Crippen molar-refractivity contribution < 1.29 is 34.5 Å². The van der Waals surface area contributed by atoms with Gasteiger partial charge >= 0.3 is 11.9 Å². The molecule has 4 rings (SSSR count). The van der Waals surface area contributed by atoms with Gasteiger partial charge in [-0.15, -0.1) is 0 Å². The third-order valence-corrected chi connectivity index (χ3v) is 5.03. The predicted molar refractivity (Wildman–Crippen MR) is 125 cm³/mol. The summed E-state index contributed by atoms with van der Waals surface area (Å²) in [4.78, 5) is 56.7. The van der Waals surface area contributed by atoms with Crippen molar-refractivity contribution in [3.05, 3.63) is 99.5 Å². The van der Waals surface area contributed by atoms with Gasteiger partial charge in [0.1, 0.15) is 16.9 Å². The fourth-order valence-electron chi connectivity index (χ4n) is 3.34. The number of carbonyl (C=O) groups is 4. The Hall–Kier alpha value is -4.99. The van der Waals surface area contributed by atoms with Gasteiger partial charge in [-0.25, -0.2) is 14.5 Å². The van der Waals surface area contributed by atoms with Crippen molar-refractivity contribution in [3.8, 4) is 11.4 Å². The third-order valence-electron chi connectivity index (χ3n) is 5.03. The molecule has 0 bridgehead atoms. The van der Waals surface area contributed by atoms with Gasteiger partial charge in [0.2, 0.25) is 0 Å². The highest BCUT2D eigenvalue weighted by Crippen LogP contribution is 2.26. The van der Waals surface area contributed by atoms with Crippen molar-refractivity contribution >= 4 is 29.4 Å². The highest BCUT2D eigenvalue weighted by atomic mass is 16.4. The normalized spacial score (nSPS) is 12.3. The molecule has 2 aromatic carbocycles. The summed E-state index contributed by atoms with van der Waals surface area (Å²) in [5, 5.41) is 27.1. The molecule has 10 heteroatoms. The quantitative estimate of drug-likeness (QED) is 0.486. The van der Waals surface area contributed by atoms with Crippen LogP contribution < -0.4 is 10.3 Å². The van der Waals surface area contributed by atoms with Gasteiger partial charge in [-0.05, 0) is 43.7 Å². The fourth-order valence-corrected chi connectivity index (χ4v) is 3.34. The van der Waals surface area contributed by atoms with Gasteiger partial charge in [0.15, 0.2) is 5.43 Å². The lowest BCUT2D eigenvalue weighted by Gasteiger charge is -2.14. The predicted octanol–water partition coefficient (Wildman–Crippen LogP) is 2.67. The van der Waals surface area contributed by atoms with Crippen LogP contribution in [0.4, 0.5) is 5.69 Å². The molecule has 3 aromatic rings. The smallest absolute Gasteiger partial charge is 0.341 e. The lowest BCUT2D eigenvalue weighted by Crippen LogP contribution is -2.29. The van der Waals surface area contributed by atoms with Crippen molar-refractivity contribution in [1.29, 1.82) is 0 Å². The molecule has 35 heavy (non-hydrogen) atoms. The number of rotatable bonds is 4. The van der Waals surface area contributed by atoms with Crippen molar-refractivity contribution in [3.63, 3.8) is 0 Å². The molecule has 0 saturated carbocycles. The van der Waals surface area contributed by atoms with Crippen LogP contribution in [0.1, 0.15) is 32.0 Å². The Morgan fingerprint density at radius 2 is 1.40 bits per heavy atom. The number of amides is 2. The fraction of sp³-hybridized carbons (Fsp3) is 0.0800. The van der Waals surface area contributed by atoms with E-state index in [0.29, 0.717) is 5.69 Å². The van der Waals surface area contributed by atoms with E-state index in [1.54, 1.807) is 11.5 Å². The summed E-state index contributed by atoms with van der Waals surface area (Å²) in [5.74, 6) is -4.05. The topological polar surface area (TPSA) is 154 Å². The number of carbonyl (C=O) groups excluding carboxylic acids is 2. The Morgan fingerprint density at radius 1 is 0.771 bits per heavy atom. The molecule has 2 heterocycles. The number of hydrogen-bond donors (Lipinski definition) is 3. The second kappa shape index (κ2) is 9.87. The number of phenols is 1. The summed E-state index contributed by atoms with van der Waals surface area (Å²) in [5.41, 5.74) is 1.77. The minimum absolute atomic E-state index is 0.132. The van der Waals surface area contributed by atoms with Crippen LogP contribution >= 0.6 is 0 Å². The van der Waals surface area contributed by atoms with E-state index < -0.39 is 34.9 Å². The van der Waals surface area contributed by atoms with Crippen molar-refractivity contribution in [2.45, 2.75) is 13.8 Å². The standard InChI is InChI=1S/C14H13NO3.C11H7NO5/c1-9-4-3-5-11(6-9)15-8-12(14(17)18)13(16)7-10(15)2;13-8-5-6(1-2-7(8)11(16)17)12-9(14)3-4-10(12)15/h3-8H,1-2H3,(H,17,18);1-5,13H,(H,16,17). The molecule has 178 valence electrons. The van der Waals surface area contributed by atoms with Crippen LogP contribution in [0, 0.1) is 13.8 Å². The molecule has 1 aromatic heterocycles. The van der Waals surface area contributed by atoms with E-state index in [2.05, 4.69) is 0 Å². The molecule has 0 unspecified atom stereocenters. The highest BCUT2D eigenvalue weighted by molar-refractivity contribution is 6.28. The molecular formula is C25H20N2O8. The summed E-state index contributed by atoms with van der Waals surface area (Å²) in [7, 11) is 0. The Bertz CT molecular complexity index is 1430. The number of hydrogen-bond acceptors (Lipinski definition) is 6. The molecule has 0 spiro atoms. The summed E-state index contributed by atoms with van der Waals surface area (Å²) < 4.78 is 1.71. The first-order valence-electron chi connectivity index (χ1n) is 10.2. The minimum atomic E-state index is -1.29. The lowest BCUT2D eigenvalue weighted by atomic mass is 10.1. The van der Waals surface area contributed by atoms with Crippen LogP contribution in [0.5, 0.6) is 5.75 Å². The van der Waals surface area contributed by atoms with E-state index in [1.165, 1.54) is 18.3 Å². The summed E-state index contributed by atoms with van der Waals surface area (Å²) in [6.45, 7) is 3.73. The van der Waals surface area contributed by atoms with E-state index in [1.807, 2.05) is 31.2 Å². The first-order valence-corrected chi connectivity index (χ1v) is 10.2. The maximum absolute atomic E-state index is 11.5. The van der Waals surface area contributed by atoms with Crippen LogP contribution in [-0.2, 0) is 9.59 Å². The first kappa shape index (κ1) is 24.6. The second-order valence-electron chi connectivity index (χ2n) is 7.56. The number of carboxylic acid groups (broad SMARTS) is 2. The van der Waals surface area contributed by atoms with Gasteiger partial charge < -0.3 is 19.9 Å².